The van der Waals surface area contributed by atoms with Gasteiger partial charge in [-0.25, -0.2) is 4.98 Å². The van der Waals surface area contributed by atoms with Gasteiger partial charge in [0.1, 0.15) is 10.8 Å². The van der Waals surface area contributed by atoms with Gasteiger partial charge in [-0.3, -0.25) is 4.79 Å². The molecule has 0 unspecified atom stereocenters. The van der Waals surface area contributed by atoms with Gasteiger partial charge in [-0.15, -0.1) is 0 Å². The molecule has 2 rings (SSSR count). The second-order valence-electron chi connectivity index (χ2n) is 3.60. The molecule has 0 aliphatic carbocycles. The molecule has 0 amide bonds. The standard InChI is InChI=1S/C12H12N2OS/c1-14(2)10-8-11(15)16-12(13-10)9-6-4-3-5-7-9/h3-8H,1-2H3. The van der Waals surface area contributed by atoms with Crippen molar-refractivity contribution < 1.29 is 0 Å². The van der Waals surface area contributed by atoms with Crippen LogP contribution in [0.15, 0.2) is 41.2 Å². The summed E-state index contributed by atoms with van der Waals surface area (Å²) >= 11 is 1.17. The molecule has 0 fully saturated rings. The van der Waals surface area contributed by atoms with Crippen LogP contribution in [0.1, 0.15) is 0 Å². The predicted molar refractivity (Wildman–Crippen MR) is 68.1 cm³/mol. The molecule has 1 aromatic heterocycles. The van der Waals surface area contributed by atoms with Crippen LogP contribution in [0.3, 0.4) is 0 Å². The van der Waals surface area contributed by atoms with Gasteiger partial charge in [0.15, 0.2) is 0 Å². The third kappa shape index (κ3) is 2.28. The normalized spacial score (nSPS) is 10.1. The number of nitrogens with zero attached hydrogens (tertiary/aromatic N) is 2. The lowest BCUT2D eigenvalue weighted by atomic mass is 10.2. The summed E-state index contributed by atoms with van der Waals surface area (Å²) in [7, 11) is 3.75. The van der Waals surface area contributed by atoms with Gasteiger partial charge < -0.3 is 4.90 Å². The molecule has 0 bridgehead atoms. The van der Waals surface area contributed by atoms with Crippen LogP contribution in [0, 0.1) is 0 Å². The van der Waals surface area contributed by atoms with Crippen molar-refractivity contribution >= 4 is 17.2 Å². The van der Waals surface area contributed by atoms with Crippen LogP contribution in [0.25, 0.3) is 10.6 Å². The van der Waals surface area contributed by atoms with Crippen molar-refractivity contribution in [3.63, 3.8) is 0 Å². The Morgan fingerprint density at radius 1 is 1.19 bits per heavy atom. The van der Waals surface area contributed by atoms with Crippen molar-refractivity contribution in [1.29, 1.82) is 0 Å². The average molecular weight is 232 g/mol. The highest BCUT2D eigenvalue weighted by Gasteiger charge is 2.05. The minimum Gasteiger partial charge on any atom is -0.363 e. The zero-order chi connectivity index (χ0) is 11.5. The lowest BCUT2D eigenvalue weighted by Crippen LogP contribution is -2.13. The van der Waals surface area contributed by atoms with Gasteiger partial charge in [-0.2, -0.15) is 0 Å². The topological polar surface area (TPSA) is 33.2 Å². The highest BCUT2D eigenvalue weighted by molar-refractivity contribution is 7.12. The van der Waals surface area contributed by atoms with Gasteiger partial charge in [0.25, 0.3) is 0 Å². The van der Waals surface area contributed by atoms with E-state index in [1.807, 2.05) is 49.3 Å². The zero-order valence-electron chi connectivity index (χ0n) is 9.18. The van der Waals surface area contributed by atoms with Crippen LogP contribution < -0.4 is 9.64 Å². The Kier molecular flexibility index (Phi) is 3.01. The first-order valence-electron chi connectivity index (χ1n) is 4.92. The fraction of sp³-hybridized carbons (Fsp3) is 0.167. The summed E-state index contributed by atoms with van der Waals surface area (Å²) < 4.78 is 0.0255. The van der Waals surface area contributed by atoms with Crippen LogP contribution in [-0.2, 0) is 0 Å². The maximum atomic E-state index is 11.5. The quantitative estimate of drug-likeness (QED) is 0.796. The van der Waals surface area contributed by atoms with Crippen molar-refractivity contribution in [2.24, 2.45) is 0 Å². The molecule has 0 atom stereocenters. The van der Waals surface area contributed by atoms with Gasteiger partial charge in [0.05, 0.1) is 0 Å². The summed E-state index contributed by atoms with van der Waals surface area (Å²) in [4.78, 5) is 17.8. The second kappa shape index (κ2) is 4.45. The molecule has 82 valence electrons. The van der Waals surface area contributed by atoms with Gasteiger partial charge >= 0.3 is 0 Å². The number of hydrogen-bond acceptors (Lipinski definition) is 4. The van der Waals surface area contributed by atoms with Crippen molar-refractivity contribution in [1.82, 2.24) is 4.98 Å². The lowest BCUT2D eigenvalue weighted by molar-refractivity contribution is 1.08. The van der Waals surface area contributed by atoms with E-state index in [-0.39, 0.29) is 4.74 Å². The Bertz CT molecular complexity index is 534. The Morgan fingerprint density at radius 2 is 1.88 bits per heavy atom. The molecule has 2 aromatic rings. The van der Waals surface area contributed by atoms with E-state index in [9.17, 15) is 4.79 Å². The first-order valence-corrected chi connectivity index (χ1v) is 5.73. The van der Waals surface area contributed by atoms with Crippen molar-refractivity contribution in [2.75, 3.05) is 19.0 Å². The monoisotopic (exact) mass is 232 g/mol. The van der Waals surface area contributed by atoms with Crippen LogP contribution >= 0.6 is 11.3 Å². The minimum absolute atomic E-state index is 0.0255. The number of hydrogen-bond donors (Lipinski definition) is 0. The molecule has 0 aliphatic heterocycles. The van der Waals surface area contributed by atoms with Crippen molar-refractivity contribution in [3.05, 3.63) is 45.9 Å². The number of benzene rings is 1. The molecular weight excluding hydrogens is 220 g/mol. The Hall–Kier alpha value is -1.68. The zero-order valence-corrected chi connectivity index (χ0v) is 9.99. The highest BCUT2D eigenvalue weighted by Crippen LogP contribution is 2.20. The van der Waals surface area contributed by atoms with Crippen LogP contribution in [0.4, 0.5) is 5.82 Å². The second-order valence-corrected chi connectivity index (χ2v) is 4.59. The smallest absolute Gasteiger partial charge is 0.238 e. The molecule has 3 nitrogen and oxygen atoms in total. The maximum absolute atomic E-state index is 11.5. The molecule has 0 radical (unpaired) electrons. The molecule has 0 saturated heterocycles. The summed E-state index contributed by atoms with van der Waals surface area (Å²) in [6.07, 6.45) is 0. The molecule has 1 heterocycles. The molecule has 1 aromatic carbocycles. The largest absolute Gasteiger partial charge is 0.363 e. The summed E-state index contributed by atoms with van der Waals surface area (Å²) in [5.74, 6) is 0.697. The highest BCUT2D eigenvalue weighted by atomic mass is 32.1. The Morgan fingerprint density at radius 3 is 2.50 bits per heavy atom. The van der Waals surface area contributed by atoms with E-state index in [0.717, 1.165) is 10.6 Å². The fourth-order valence-electron chi connectivity index (χ4n) is 1.32. The van der Waals surface area contributed by atoms with Gasteiger partial charge in [-0.05, 0) is 0 Å². The first-order chi connectivity index (χ1) is 7.66. The minimum atomic E-state index is 0.0255. The number of aromatic nitrogens is 1. The summed E-state index contributed by atoms with van der Waals surface area (Å²) in [5.41, 5.74) is 0.980. The van der Waals surface area contributed by atoms with Crippen LogP contribution in [-0.4, -0.2) is 19.1 Å². The molecule has 0 N–H and O–H groups in total. The van der Waals surface area contributed by atoms with Gasteiger partial charge in [0, 0.05) is 25.7 Å². The summed E-state index contributed by atoms with van der Waals surface area (Å²) in [6.45, 7) is 0. The number of rotatable bonds is 2. The molecule has 0 aliphatic rings. The average Bonchev–Trinajstić information content (AvgIpc) is 2.29. The summed E-state index contributed by atoms with van der Waals surface area (Å²) in [6, 6.07) is 11.3. The predicted octanol–water partition coefficient (Wildman–Crippen LogP) is 2.24. The lowest BCUT2D eigenvalue weighted by Gasteiger charge is -2.11. The summed E-state index contributed by atoms with van der Waals surface area (Å²) in [5, 5.41) is 0.761. The fourth-order valence-corrected chi connectivity index (χ4v) is 2.07. The van der Waals surface area contributed by atoms with Crippen LogP contribution in [0.5, 0.6) is 0 Å². The maximum Gasteiger partial charge on any atom is 0.238 e. The van der Waals surface area contributed by atoms with Crippen molar-refractivity contribution in [3.8, 4) is 10.6 Å². The van der Waals surface area contributed by atoms with E-state index in [0.29, 0.717) is 5.82 Å². The third-order valence-electron chi connectivity index (χ3n) is 2.14. The molecule has 0 saturated carbocycles. The first kappa shape index (κ1) is 10.8. The molecule has 4 heteroatoms. The van der Waals surface area contributed by atoms with E-state index < -0.39 is 0 Å². The van der Waals surface area contributed by atoms with E-state index in [1.165, 1.54) is 11.3 Å². The molecule has 0 spiro atoms. The SMILES string of the molecule is CN(C)c1cc(=O)sc(-c2ccccc2)n1. The van der Waals surface area contributed by atoms with Crippen LogP contribution in [0.2, 0.25) is 0 Å². The number of anilines is 1. The van der Waals surface area contributed by atoms with Gasteiger partial charge in [0.2, 0.25) is 4.74 Å². The van der Waals surface area contributed by atoms with Crippen molar-refractivity contribution in [2.45, 2.75) is 0 Å². The van der Waals surface area contributed by atoms with E-state index in [1.54, 1.807) is 6.07 Å². The molecular formula is C12H12N2OS. The van der Waals surface area contributed by atoms with Gasteiger partial charge in [-0.1, -0.05) is 41.7 Å². The van der Waals surface area contributed by atoms with E-state index >= 15 is 0 Å². The van der Waals surface area contributed by atoms with E-state index in [2.05, 4.69) is 4.98 Å². The molecule has 16 heavy (non-hydrogen) atoms. The Labute approximate surface area is 98.0 Å². The third-order valence-corrected chi connectivity index (χ3v) is 2.98. The van der Waals surface area contributed by atoms with E-state index in [4.69, 9.17) is 0 Å². The Balaban J connectivity index is 2.54.